The molecule has 0 bridgehead atoms. The quantitative estimate of drug-likeness (QED) is 0.279. The minimum atomic E-state index is -4.43. The number of carboxylic acid groups (broad SMARTS) is 1. The average Bonchev–Trinajstić information content (AvgIpc) is 2.54. The van der Waals surface area contributed by atoms with Gasteiger partial charge < -0.3 is 16.2 Å². The zero-order chi connectivity index (χ0) is 19.5. The molecular weight excluding hydrogens is 351 g/mol. The van der Waals surface area contributed by atoms with E-state index in [1.165, 1.54) is 37.4 Å². The molecule has 0 aliphatic carbocycles. The predicted octanol–water partition coefficient (Wildman–Crippen LogP) is 2.57. The predicted molar refractivity (Wildman–Crippen MR) is 90.8 cm³/mol. The summed E-state index contributed by atoms with van der Waals surface area (Å²) < 4.78 is 37.9. The van der Waals surface area contributed by atoms with Crippen molar-refractivity contribution in [2.45, 2.75) is 6.18 Å². The number of rotatable bonds is 5. The lowest BCUT2D eigenvalue weighted by atomic mass is 10.1. The van der Waals surface area contributed by atoms with Gasteiger partial charge in [0.2, 0.25) is 0 Å². The molecule has 0 atom stereocenters. The van der Waals surface area contributed by atoms with Gasteiger partial charge in [-0.2, -0.15) is 13.2 Å². The Hall–Kier alpha value is -3.27. The zero-order valence-electron chi connectivity index (χ0n) is 13.6. The first-order valence-electron chi connectivity index (χ1n) is 7.22. The van der Waals surface area contributed by atoms with Crippen LogP contribution in [0.4, 0.5) is 24.5 Å². The van der Waals surface area contributed by atoms with Crippen molar-refractivity contribution in [1.82, 2.24) is 5.12 Å². The first-order valence-corrected chi connectivity index (χ1v) is 7.22. The molecule has 0 aliphatic rings. The number of hydrazone groups is 1. The van der Waals surface area contributed by atoms with Crippen molar-refractivity contribution in [1.29, 1.82) is 0 Å². The lowest BCUT2D eigenvalue weighted by Crippen LogP contribution is -2.26. The van der Waals surface area contributed by atoms with Crippen LogP contribution < -0.4 is 16.9 Å². The van der Waals surface area contributed by atoms with Crippen LogP contribution in [-0.2, 0) is 6.18 Å². The van der Waals surface area contributed by atoms with Gasteiger partial charge in [-0.3, -0.25) is 0 Å². The molecule has 7 nitrogen and oxygen atoms in total. The third kappa shape index (κ3) is 4.63. The minimum absolute atomic E-state index is 0.0317. The Kier molecular flexibility index (Phi) is 5.36. The number of nitrogens with zero attached hydrogens (tertiary/aromatic N) is 2. The molecule has 10 heteroatoms. The molecule has 6 N–H and O–H groups in total. The zero-order valence-corrected chi connectivity index (χ0v) is 13.6. The number of hydrogen-bond donors (Lipinski definition) is 4. The molecule has 0 aliphatic heterocycles. The molecule has 2 rings (SSSR count). The van der Waals surface area contributed by atoms with Gasteiger partial charge in [-0.25, -0.2) is 15.8 Å². The Morgan fingerprint density at radius 2 is 1.81 bits per heavy atom. The first kappa shape index (κ1) is 19.1. The second-order valence-electron chi connectivity index (χ2n) is 5.32. The molecule has 2 aromatic carbocycles. The summed E-state index contributed by atoms with van der Waals surface area (Å²) in [5.41, 5.74) is 5.99. The summed E-state index contributed by atoms with van der Waals surface area (Å²) in [6.07, 6.45) is -4.43. The van der Waals surface area contributed by atoms with Crippen molar-refractivity contribution < 1.29 is 23.1 Å². The second-order valence-corrected chi connectivity index (χ2v) is 5.32. The maximum absolute atomic E-state index is 12.6. The van der Waals surface area contributed by atoms with Gasteiger partial charge in [-0.1, -0.05) is 0 Å². The van der Waals surface area contributed by atoms with Crippen LogP contribution in [0.5, 0.6) is 0 Å². The van der Waals surface area contributed by atoms with Crippen LogP contribution in [0.25, 0.3) is 0 Å². The average molecular weight is 367 g/mol. The molecule has 0 saturated carbocycles. The molecule has 26 heavy (non-hydrogen) atoms. The molecule has 138 valence electrons. The number of nitrogens with two attached hydrogens (primary N) is 2. The maximum Gasteiger partial charge on any atom is 0.416 e. The number of anilines is 2. The van der Waals surface area contributed by atoms with Crippen molar-refractivity contribution in [3.05, 3.63) is 59.2 Å². The topological polar surface area (TPSA) is 117 Å². The number of hydrogen-bond acceptors (Lipinski definition) is 5. The molecule has 0 aromatic heterocycles. The van der Waals surface area contributed by atoms with Crippen LogP contribution in [0.1, 0.15) is 21.5 Å². The van der Waals surface area contributed by atoms with Crippen LogP contribution in [0.3, 0.4) is 0 Å². The van der Waals surface area contributed by atoms with Crippen LogP contribution >= 0.6 is 0 Å². The van der Waals surface area contributed by atoms with Crippen LogP contribution in [0, 0.1) is 0 Å². The fraction of sp³-hybridized carbons (Fsp3) is 0.125. The number of hydrazine groups is 1. The highest BCUT2D eigenvalue weighted by Crippen LogP contribution is 2.31. The third-order valence-corrected chi connectivity index (χ3v) is 3.30. The highest BCUT2D eigenvalue weighted by atomic mass is 19.4. The van der Waals surface area contributed by atoms with Crippen LogP contribution in [0.2, 0.25) is 0 Å². The Morgan fingerprint density at radius 1 is 1.19 bits per heavy atom. The fourth-order valence-corrected chi connectivity index (χ4v) is 2.12. The number of amidine groups is 1. The van der Waals surface area contributed by atoms with Crippen molar-refractivity contribution in [2.75, 3.05) is 12.4 Å². The maximum atomic E-state index is 12.6. The van der Waals surface area contributed by atoms with E-state index in [1.54, 1.807) is 0 Å². The van der Waals surface area contributed by atoms with Gasteiger partial charge >= 0.3 is 12.1 Å². The highest BCUT2D eigenvalue weighted by molar-refractivity contribution is 6.04. The molecule has 0 radical (unpaired) electrons. The van der Waals surface area contributed by atoms with Crippen molar-refractivity contribution in [3.8, 4) is 0 Å². The Bertz CT molecular complexity index is 833. The van der Waals surface area contributed by atoms with Gasteiger partial charge in [0.1, 0.15) is 0 Å². The summed E-state index contributed by atoms with van der Waals surface area (Å²) in [6.45, 7) is 0. The number of halogens is 3. The van der Waals surface area contributed by atoms with E-state index in [9.17, 15) is 18.0 Å². The molecule has 0 saturated heterocycles. The molecule has 0 heterocycles. The Balaban J connectivity index is 2.40. The second kappa shape index (κ2) is 7.31. The fourth-order valence-electron chi connectivity index (χ4n) is 2.12. The summed E-state index contributed by atoms with van der Waals surface area (Å²) in [7, 11) is 1.43. The van der Waals surface area contributed by atoms with E-state index in [0.29, 0.717) is 11.4 Å². The number of benzene rings is 2. The monoisotopic (exact) mass is 367 g/mol. The minimum Gasteiger partial charge on any atom is -0.478 e. The van der Waals surface area contributed by atoms with E-state index >= 15 is 0 Å². The molecular formula is C16H16F3N5O2. The van der Waals surface area contributed by atoms with Gasteiger partial charge in [-0.15, -0.1) is 5.10 Å². The third-order valence-electron chi connectivity index (χ3n) is 3.30. The van der Waals surface area contributed by atoms with Crippen LogP contribution in [0.15, 0.2) is 47.6 Å². The smallest absolute Gasteiger partial charge is 0.416 e. The number of aromatic carboxylic acids is 1. The highest BCUT2D eigenvalue weighted by Gasteiger charge is 2.29. The summed E-state index contributed by atoms with van der Waals surface area (Å²) in [5, 5.41) is 16.8. The van der Waals surface area contributed by atoms with E-state index in [1.807, 2.05) is 0 Å². The van der Waals surface area contributed by atoms with E-state index in [0.717, 1.165) is 17.3 Å². The number of carboxylic acids is 1. The van der Waals surface area contributed by atoms with Gasteiger partial charge in [0, 0.05) is 24.0 Å². The molecule has 0 spiro atoms. The Morgan fingerprint density at radius 3 is 2.31 bits per heavy atom. The Labute approximate surface area is 146 Å². The summed E-state index contributed by atoms with van der Waals surface area (Å²) >= 11 is 0. The molecule has 0 unspecified atom stereocenters. The summed E-state index contributed by atoms with van der Waals surface area (Å²) in [6, 6.07) is 8.42. The van der Waals surface area contributed by atoms with Crippen molar-refractivity contribution >= 4 is 23.2 Å². The van der Waals surface area contributed by atoms with Gasteiger partial charge in [0.05, 0.1) is 11.1 Å². The molecule has 0 amide bonds. The van der Waals surface area contributed by atoms with Crippen molar-refractivity contribution in [2.24, 2.45) is 16.7 Å². The van der Waals surface area contributed by atoms with E-state index in [4.69, 9.17) is 16.7 Å². The van der Waals surface area contributed by atoms with E-state index in [2.05, 4.69) is 10.4 Å². The van der Waals surface area contributed by atoms with Crippen LogP contribution in [-0.4, -0.2) is 29.1 Å². The number of carbonyl (C=O) groups is 1. The van der Waals surface area contributed by atoms with E-state index < -0.39 is 17.7 Å². The first-order chi connectivity index (χ1) is 12.1. The normalized spacial score (nSPS) is 12.0. The molecule has 0 fully saturated rings. The summed E-state index contributed by atoms with van der Waals surface area (Å²) in [5.74, 6) is 4.18. The largest absolute Gasteiger partial charge is 0.478 e. The van der Waals surface area contributed by atoms with Gasteiger partial charge in [0.15, 0.2) is 5.84 Å². The van der Waals surface area contributed by atoms with Gasteiger partial charge in [0.25, 0.3) is 0 Å². The SMILES string of the molecule is CN(N)/N=C(\N)c1cc(C(=O)O)ccc1Nc1ccc(C(F)(F)F)cc1. The van der Waals surface area contributed by atoms with Gasteiger partial charge in [-0.05, 0) is 42.5 Å². The standard InChI is InChI=1S/C16H16F3N5O2/c1-24(21)23-14(20)12-8-9(15(25)26)2-7-13(12)22-11-5-3-10(4-6-11)16(17,18)19/h2-8,22H,21H2,1H3,(H2,20,23)(H,25,26). The summed E-state index contributed by atoms with van der Waals surface area (Å²) in [4.78, 5) is 11.2. The number of nitrogens with one attached hydrogen (secondary N) is 1. The number of alkyl halides is 3. The lowest BCUT2D eigenvalue weighted by Gasteiger charge is -2.15. The van der Waals surface area contributed by atoms with Crippen molar-refractivity contribution in [3.63, 3.8) is 0 Å². The lowest BCUT2D eigenvalue weighted by molar-refractivity contribution is -0.137. The van der Waals surface area contributed by atoms with E-state index in [-0.39, 0.29) is 17.0 Å². The molecule has 2 aromatic rings.